The Morgan fingerprint density at radius 1 is 1.26 bits per heavy atom. The quantitative estimate of drug-likeness (QED) is 0.200. The largest absolute Gasteiger partial charge is 0.473 e. The van der Waals surface area contributed by atoms with Crippen LogP contribution in [-0.2, 0) is 21.4 Å². The van der Waals surface area contributed by atoms with Gasteiger partial charge in [0.15, 0.2) is 5.84 Å². The molecule has 0 aromatic carbocycles. The first kappa shape index (κ1) is 30.7. The fourth-order valence-corrected chi connectivity index (χ4v) is 7.74. The molecule has 6 N–H and O–H groups in total. The maximum absolute atomic E-state index is 13.8. The molecule has 3 aliphatic rings. The normalized spacial score (nSPS) is 23.0. The van der Waals surface area contributed by atoms with Crippen molar-refractivity contribution in [1.82, 2.24) is 25.1 Å². The van der Waals surface area contributed by atoms with Gasteiger partial charge in [0.1, 0.15) is 16.9 Å². The van der Waals surface area contributed by atoms with E-state index in [-0.39, 0.29) is 35.6 Å². The summed E-state index contributed by atoms with van der Waals surface area (Å²) < 4.78 is 6.49. The smallest absolute Gasteiger partial charge is 0.246 e. The number of fused-ring (bicyclic) bond motifs is 1. The van der Waals surface area contributed by atoms with Gasteiger partial charge in [-0.25, -0.2) is 4.98 Å². The monoisotopic (exact) mass is 609 g/mol. The van der Waals surface area contributed by atoms with E-state index >= 15 is 0 Å². The van der Waals surface area contributed by atoms with E-state index in [0.29, 0.717) is 55.0 Å². The van der Waals surface area contributed by atoms with Gasteiger partial charge >= 0.3 is 0 Å². The lowest BCUT2D eigenvalue weighted by Gasteiger charge is -2.35. The van der Waals surface area contributed by atoms with Gasteiger partial charge in [-0.3, -0.25) is 19.9 Å². The molecule has 13 heteroatoms. The second-order valence-electron chi connectivity index (χ2n) is 11.9. The van der Waals surface area contributed by atoms with Gasteiger partial charge in [-0.05, 0) is 65.1 Å². The van der Waals surface area contributed by atoms with Crippen molar-refractivity contribution in [3.05, 3.63) is 35.0 Å². The Morgan fingerprint density at radius 3 is 2.65 bits per heavy atom. The predicted molar refractivity (Wildman–Crippen MR) is 170 cm³/mol. The second-order valence-corrected chi connectivity index (χ2v) is 13.0. The van der Waals surface area contributed by atoms with Gasteiger partial charge in [0, 0.05) is 48.7 Å². The average Bonchev–Trinajstić information content (AvgIpc) is 3.57. The fraction of sp³-hybridized carbons (Fsp3) is 0.567. The molecule has 2 saturated heterocycles. The van der Waals surface area contributed by atoms with Crippen molar-refractivity contribution in [2.45, 2.75) is 69.9 Å². The Balaban J connectivity index is 1.42. The van der Waals surface area contributed by atoms with Crippen molar-refractivity contribution in [3.63, 3.8) is 0 Å². The number of nitrogens with two attached hydrogens (primary N) is 2. The lowest BCUT2D eigenvalue weighted by atomic mass is 9.72. The number of amides is 2. The molecule has 0 spiro atoms. The number of nitrogens with zero attached hydrogens (tertiary/aromatic N) is 5. The van der Waals surface area contributed by atoms with Crippen molar-refractivity contribution >= 4 is 45.5 Å². The number of aromatic nitrogens is 2. The molecule has 2 fully saturated rings. The Kier molecular flexibility index (Phi) is 8.93. The van der Waals surface area contributed by atoms with Gasteiger partial charge in [-0.2, -0.15) is 4.98 Å². The maximum atomic E-state index is 13.8. The number of nitrogens with one attached hydrogen (secondary N) is 2. The highest BCUT2D eigenvalue weighted by molar-refractivity contribution is 7.16. The molecule has 2 aliphatic heterocycles. The molecule has 2 aromatic rings. The molecule has 12 nitrogen and oxygen atoms in total. The van der Waals surface area contributed by atoms with Gasteiger partial charge in [0.2, 0.25) is 23.5 Å². The van der Waals surface area contributed by atoms with E-state index in [1.807, 2.05) is 11.8 Å². The number of aryl methyl sites for hydroxylation is 1. The zero-order valence-electron chi connectivity index (χ0n) is 25.3. The lowest BCUT2D eigenvalue weighted by molar-refractivity contribution is -0.126. The van der Waals surface area contributed by atoms with Crippen LogP contribution in [0.1, 0.15) is 62.2 Å². The number of likely N-dealkylation sites (N-methyl/N-ethyl adjacent to an activating group) is 1. The molecule has 2 aromatic heterocycles. The second kappa shape index (κ2) is 12.5. The highest BCUT2D eigenvalue weighted by Gasteiger charge is 2.43. The molecular formula is C30H43N9O3S. The van der Waals surface area contributed by atoms with Gasteiger partial charge in [-0.1, -0.05) is 13.5 Å². The van der Waals surface area contributed by atoms with E-state index < -0.39 is 5.41 Å². The number of ether oxygens (including phenoxy) is 1. The number of hydrogen-bond acceptors (Lipinski definition) is 11. The maximum Gasteiger partial charge on any atom is 0.246 e. The molecule has 0 bridgehead atoms. The number of carbonyl (C=O) groups excluding carboxylic acids is 2. The Bertz CT molecular complexity index is 1400. The Labute approximate surface area is 257 Å². The van der Waals surface area contributed by atoms with Gasteiger partial charge in [0.05, 0.1) is 11.1 Å². The van der Waals surface area contributed by atoms with E-state index in [1.165, 1.54) is 17.4 Å². The number of amidine groups is 1. The van der Waals surface area contributed by atoms with Crippen LogP contribution >= 0.6 is 11.3 Å². The summed E-state index contributed by atoms with van der Waals surface area (Å²) in [5, 5.41) is 12.2. The predicted octanol–water partition coefficient (Wildman–Crippen LogP) is 2.52. The third kappa shape index (κ3) is 6.05. The molecule has 4 heterocycles. The molecular weight excluding hydrogens is 566 g/mol. The summed E-state index contributed by atoms with van der Waals surface area (Å²) in [6, 6.07) is 2.06. The third-order valence-electron chi connectivity index (χ3n) is 9.10. The highest BCUT2D eigenvalue weighted by Crippen LogP contribution is 2.47. The number of rotatable bonds is 8. The summed E-state index contributed by atoms with van der Waals surface area (Å²) in [6.07, 6.45) is 6.44. The first-order valence-electron chi connectivity index (χ1n) is 15.1. The topological polar surface area (TPSA) is 167 Å². The van der Waals surface area contributed by atoms with Crippen LogP contribution in [0.5, 0.6) is 5.88 Å². The summed E-state index contributed by atoms with van der Waals surface area (Å²) in [4.78, 5) is 42.4. The van der Waals surface area contributed by atoms with Crippen LogP contribution in [0.3, 0.4) is 0 Å². The standard InChI is InChI=1S/C30H43N9O3S/c1-5-19(18-9-8-12-37(18)4)42-22-17-21(38-13-15-39(16-14-38)23(40)6-2)34-28(35-22)26(32)36-29(41)30(3)11-7-10-20-24(30)25(31)27(33)43-20/h6,17-19H,2,5,7-16,31,33H2,1,3-4H3,(H2,32,36,41)/t18-,19-,30-/m0/s1. The summed E-state index contributed by atoms with van der Waals surface area (Å²) in [5.74, 6) is 0.360. The lowest BCUT2D eigenvalue weighted by Crippen LogP contribution is -2.49. The van der Waals surface area contributed by atoms with E-state index in [9.17, 15) is 9.59 Å². The zero-order valence-corrected chi connectivity index (χ0v) is 26.1. The third-order valence-corrected chi connectivity index (χ3v) is 10.2. The minimum absolute atomic E-state index is 0.0671. The zero-order chi connectivity index (χ0) is 30.9. The Morgan fingerprint density at radius 2 is 2.00 bits per heavy atom. The number of anilines is 3. The van der Waals surface area contributed by atoms with Gasteiger partial charge in [-0.15, -0.1) is 11.3 Å². The molecule has 3 atom stereocenters. The Hall–Kier alpha value is -3.71. The summed E-state index contributed by atoms with van der Waals surface area (Å²) >= 11 is 1.43. The molecule has 43 heavy (non-hydrogen) atoms. The first-order valence-corrected chi connectivity index (χ1v) is 15.9. The van der Waals surface area contributed by atoms with E-state index in [4.69, 9.17) is 26.6 Å². The number of likely N-dealkylation sites (tertiary alicyclic amines) is 1. The SMILES string of the molecule is C=CC(=O)N1CCN(c2cc(O[C@@H](CC)[C@@H]3CCCN3C)nc(C(=N)NC(=O)[C@@]3(C)CCCc4sc(N)c(N)c43)n2)CC1. The minimum atomic E-state index is -0.927. The van der Waals surface area contributed by atoms with Crippen LogP contribution in [0.25, 0.3) is 0 Å². The molecule has 0 unspecified atom stereocenters. The first-order chi connectivity index (χ1) is 20.5. The fourth-order valence-electron chi connectivity index (χ4n) is 6.58. The van der Waals surface area contributed by atoms with Crippen LogP contribution in [0.4, 0.5) is 16.5 Å². The van der Waals surface area contributed by atoms with Crippen molar-refractivity contribution in [2.24, 2.45) is 0 Å². The average molecular weight is 610 g/mol. The molecule has 232 valence electrons. The van der Waals surface area contributed by atoms with E-state index in [1.54, 1.807) is 11.0 Å². The van der Waals surface area contributed by atoms with Crippen LogP contribution in [0.15, 0.2) is 18.7 Å². The summed E-state index contributed by atoms with van der Waals surface area (Å²) in [5.41, 5.74) is 12.8. The molecule has 2 amide bonds. The molecule has 0 saturated carbocycles. The number of hydrogen-bond donors (Lipinski definition) is 4. The van der Waals surface area contributed by atoms with E-state index in [0.717, 1.165) is 49.1 Å². The summed E-state index contributed by atoms with van der Waals surface area (Å²) in [6.45, 7) is 10.7. The van der Waals surface area contributed by atoms with E-state index in [2.05, 4.69) is 35.8 Å². The van der Waals surface area contributed by atoms with Crippen LogP contribution < -0.4 is 26.4 Å². The van der Waals surface area contributed by atoms with Crippen LogP contribution in [0.2, 0.25) is 0 Å². The van der Waals surface area contributed by atoms with Gasteiger partial charge in [0.25, 0.3) is 0 Å². The van der Waals surface area contributed by atoms with Crippen LogP contribution in [0, 0.1) is 5.41 Å². The van der Waals surface area contributed by atoms with Crippen molar-refractivity contribution in [1.29, 1.82) is 5.41 Å². The van der Waals surface area contributed by atoms with Crippen molar-refractivity contribution in [2.75, 3.05) is 56.1 Å². The summed E-state index contributed by atoms with van der Waals surface area (Å²) in [7, 11) is 2.11. The molecule has 0 radical (unpaired) electrons. The number of nitrogen functional groups attached to an aromatic ring is 2. The highest BCUT2D eigenvalue weighted by atomic mass is 32.1. The number of thiophene rings is 1. The van der Waals surface area contributed by atoms with Crippen molar-refractivity contribution in [3.8, 4) is 5.88 Å². The number of piperazine rings is 1. The molecule has 1 aliphatic carbocycles. The molecule has 5 rings (SSSR count). The minimum Gasteiger partial charge on any atom is -0.473 e. The van der Waals surface area contributed by atoms with Gasteiger partial charge < -0.3 is 31.3 Å². The number of carbonyl (C=O) groups is 2. The van der Waals surface area contributed by atoms with Crippen LogP contribution in [-0.4, -0.2) is 89.3 Å². The van der Waals surface area contributed by atoms with Crippen molar-refractivity contribution < 1.29 is 14.3 Å².